The first-order valence-electron chi connectivity index (χ1n) is 18.1. The number of nitro benzene ring substituents is 1. The maximum Gasteiger partial charge on any atom is 0.270 e. The third-order valence-corrected chi connectivity index (χ3v) is 10.5. The maximum absolute atomic E-state index is 13.8. The molecule has 0 aliphatic carbocycles. The van der Waals surface area contributed by atoms with Crippen molar-refractivity contribution >= 4 is 39.1 Å². The number of fused-ring (bicyclic) bond motifs is 2. The molecule has 0 atom stereocenters. The molecule has 286 valence electrons. The number of aryl methyl sites for hydroxylation is 1. The fourth-order valence-corrected chi connectivity index (χ4v) is 7.74. The monoisotopic (exact) mass is 886 g/mol. The Morgan fingerprint density at radius 3 is 1.47 bits per heavy atom. The number of nitro groups is 1. The molecule has 0 amide bonds. The molecule has 0 radical (unpaired) electrons. The molecular formula is C44H36Br2N6O5. The van der Waals surface area contributed by atoms with E-state index >= 15 is 0 Å². The lowest BCUT2D eigenvalue weighted by Gasteiger charge is -2.08. The SMILES string of the molecule is CCn1c2ccc3cc2c2cc(ccc21)C(=O)c1ccc(cc1)C[n+]1ccn(c1)Cc1cc([N+](=O)[O-])cc(c1O)Cn1cc[n+](c1)Cc1ccc(cc1)C3=O.[Br-].[Br-]. The van der Waals surface area contributed by atoms with Gasteiger partial charge in [0.2, 0.25) is 12.7 Å². The zero-order valence-corrected chi connectivity index (χ0v) is 33.9. The summed E-state index contributed by atoms with van der Waals surface area (Å²) in [6.45, 7) is 4.36. The Bertz CT molecular complexity index is 2660. The smallest absolute Gasteiger partial charge is 0.270 e. The van der Waals surface area contributed by atoms with E-state index in [1.165, 1.54) is 12.1 Å². The van der Waals surface area contributed by atoms with E-state index in [9.17, 15) is 24.8 Å². The van der Waals surface area contributed by atoms with Gasteiger partial charge in [-0.3, -0.25) is 19.7 Å². The number of hydrogen-bond donors (Lipinski definition) is 1. The molecule has 6 heterocycles. The minimum Gasteiger partial charge on any atom is -1.00 e. The molecule has 13 heteroatoms. The van der Waals surface area contributed by atoms with Crippen LogP contribution in [0.2, 0.25) is 0 Å². The Morgan fingerprint density at radius 2 is 1.07 bits per heavy atom. The summed E-state index contributed by atoms with van der Waals surface area (Å²) in [6, 6.07) is 29.5. The summed E-state index contributed by atoms with van der Waals surface area (Å²) in [6.07, 6.45) is 11.3. The van der Waals surface area contributed by atoms with Gasteiger partial charge in [-0.2, -0.15) is 0 Å². The summed E-state index contributed by atoms with van der Waals surface area (Å²) in [7, 11) is 0. The van der Waals surface area contributed by atoms with Crippen LogP contribution >= 0.6 is 0 Å². The van der Waals surface area contributed by atoms with Crippen molar-refractivity contribution in [3.63, 3.8) is 0 Å². The first kappa shape index (κ1) is 39.1. The van der Waals surface area contributed by atoms with Gasteiger partial charge in [0.25, 0.3) is 5.69 Å². The van der Waals surface area contributed by atoms with E-state index in [1.54, 1.807) is 0 Å². The van der Waals surface area contributed by atoms with Crippen molar-refractivity contribution in [3.8, 4) is 5.75 Å². The van der Waals surface area contributed by atoms with Gasteiger partial charge < -0.3 is 43.6 Å². The molecule has 1 N–H and O–H groups in total. The summed E-state index contributed by atoms with van der Waals surface area (Å²) in [5, 5.41) is 25.1. The molecule has 0 spiro atoms. The molecule has 11 rings (SSSR count). The molecule has 3 aliphatic heterocycles. The van der Waals surface area contributed by atoms with Gasteiger partial charge in [0, 0.05) is 73.9 Å². The van der Waals surface area contributed by atoms with Crippen LogP contribution in [0, 0.1) is 10.1 Å². The van der Waals surface area contributed by atoms with Crippen LogP contribution in [0.5, 0.6) is 5.75 Å². The van der Waals surface area contributed by atoms with Crippen LogP contribution in [0.3, 0.4) is 0 Å². The molecule has 0 fully saturated rings. The highest BCUT2D eigenvalue weighted by Crippen LogP contribution is 2.33. The third kappa shape index (κ3) is 7.43. The van der Waals surface area contributed by atoms with E-state index < -0.39 is 4.92 Å². The van der Waals surface area contributed by atoms with Gasteiger partial charge in [-0.1, -0.05) is 48.5 Å². The number of aromatic nitrogens is 5. The molecule has 0 unspecified atom stereocenters. The normalized spacial score (nSPS) is 12.8. The van der Waals surface area contributed by atoms with Gasteiger partial charge in [0.05, 0.1) is 4.92 Å². The summed E-state index contributed by atoms with van der Waals surface area (Å²) in [5.74, 6) is -0.175. The minimum atomic E-state index is -0.442. The van der Waals surface area contributed by atoms with Crippen LogP contribution < -0.4 is 43.1 Å². The van der Waals surface area contributed by atoms with Crippen molar-refractivity contribution < 1.29 is 62.7 Å². The second-order valence-corrected chi connectivity index (χ2v) is 14.1. The van der Waals surface area contributed by atoms with Gasteiger partial charge in [0.1, 0.15) is 56.7 Å². The Hall–Kier alpha value is -6.18. The standard InChI is InChI=1S/C44H35N6O5.2BrH/c1-2-49-40-13-11-33-21-38(40)39-22-34(12-14-41(39)49)43(52)32-9-5-30(6-10-32)24-46-16-18-48(28-46)26-36-20-37(50(54)55)19-35(44(36)53)25-47-17-15-45(27-47)23-29-3-7-31(8-4-29)42(33)51;;/h3-22,27-28H,2,23-26H2,1H3;2*1H/q+1;;/p-1. The Labute approximate surface area is 348 Å². The van der Waals surface area contributed by atoms with Crippen molar-refractivity contribution in [2.75, 3.05) is 0 Å². The maximum atomic E-state index is 13.8. The molecule has 11 nitrogen and oxygen atoms in total. The first-order chi connectivity index (χ1) is 26.7. The van der Waals surface area contributed by atoms with E-state index in [4.69, 9.17) is 0 Å². The van der Waals surface area contributed by atoms with Crippen LogP contribution in [-0.4, -0.2) is 35.3 Å². The number of aromatic hydroxyl groups is 1. The van der Waals surface area contributed by atoms with Crippen molar-refractivity contribution in [1.29, 1.82) is 0 Å². The van der Waals surface area contributed by atoms with E-state index in [2.05, 4.69) is 11.5 Å². The average Bonchev–Trinajstić information content (AvgIpc) is 3.92. The van der Waals surface area contributed by atoms with Crippen LogP contribution in [0.1, 0.15) is 61.0 Å². The number of ketones is 2. The molecule has 0 saturated carbocycles. The number of carbonyl (C=O) groups excluding carboxylic acids is 2. The number of halogens is 2. The molecule has 3 aromatic heterocycles. The van der Waals surface area contributed by atoms with Crippen LogP contribution in [0.4, 0.5) is 5.69 Å². The number of phenolic OH excluding ortho intramolecular Hbond substituents is 1. The third-order valence-electron chi connectivity index (χ3n) is 10.5. The molecule has 14 bridgehead atoms. The predicted molar refractivity (Wildman–Crippen MR) is 205 cm³/mol. The zero-order chi connectivity index (χ0) is 37.8. The van der Waals surface area contributed by atoms with E-state index in [1.807, 2.05) is 141 Å². The number of rotatable bonds is 2. The van der Waals surface area contributed by atoms with Gasteiger partial charge in [-0.25, -0.2) is 18.3 Å². The molecular weight excluding hydrogens is 852 g/mol. The largest absolute Gasteiger partial charge is 1.00 e. The van der Waals surface area contributed by atoms with E-state index in [0.717, 1.165) is 39.5 Å². The molecule has 8 aromatic rings. The highest BCUT2D eigenvalue weighted by molar-refractivity contribution is 6.17. The lowest BCUT2D eigenvalue weighted by molar-refractivity contribution is -0.688. The van der Waals surface area contributed by atoms with Crippen LogP contribution in [-0.2, 0) is 32.7 Å². The summed E-state index contributed by atoms with van der Waals surface area (Å²) < 4.78 is 9.90. The lowest BCUT2D eigenvalue weighted by Crippen LogP contribution is -3.00. The number of non-ortho nitro benzene ring substituents is 1. The highest BCUT2D eigenvalue weighted by atomic mass is 79.9. The predicted octanol–water partition coefficient (Wildman–Crippen LogP) is 0.583. The zero-order valence-electron chi connectivity index (χ0n) is 30.8. The summed E-state index contributed by atoms with van der Waals surface area (Å²) in [5.41, 5.74) is 7.03. The van der Waals surface area contributed by atoms with E-state index in [-0.39, 0.29) is 70.1 Å². The number of benzene rings is 5. The molecule has 0 saturated heterocycles. The van der Waals surface area contributed by atoms with Gasteiger partial charge >= 0.3 is 0 Å². The minimum absolute atomic E-state index is 0. The highest BCUT2D eigenvalue weighted by Gasteiger charge is 2.22. The number of carbonyl (C=O) groups is 2. The Morgan fingerprint density at radius 1 is 0.649 bits per heavy atom. The van der Waals surface area contributed by atoms with Gasteiger partial charge in [0.15, 0.2) is 11.6 Å². The summed E-state index contributed by atoms with van der Waals surface area (Å²) >= 11 is 0. The topological polar surface area (TPSA) is 120 Å². The second kappa shape index (κ2) is 15.8. The van der Waals surface area contributed by atoms with E-state index in [0.29, 0.717) is 46.5 Å². The van der Waals surface area contributed by atoms with Crippen LogP contribution in [0.25, 0.3) is 21.8 Å². The van der Waals surface area contributed by atoms with Crippen molar-refractivity contribution in [3.05, 3.63) is 189 Å². The van der Waals surface area contributed by atoms with Crippen LogP contribution in [0.15, 0.2) is 135 Å². The Kier molecular flexibility index (Phi) is 10.8. The fourth-order valence-electron chi connectivity index (χ4n) is 7.74. The number of nitrogens with zero attached hydrogens (tertiary/aromatic N) is 6. The lowest BCUT2D eigenvalue weighted by atomic mass is 9.98. The van der Waals surface area contributed by atoms with Gasteiger partial charge in [-0.15, -0.1) is 0 Å². The van der Waals surface area contributed by atoms with Crippen molar-refractivity contribution in [2.45, 2.75) is 39.6 Å². The Balaban J connectivity index is 0.00000248. The second-order valence-electron chi connectivity index (χ2n) is 14.1. The molecule has 5 aromatic carbocycles. The number of hydrogen-bond acceptors (Lipinski definition) is 5. The number of phenols is 1. The van der Waals surface area contributed by atoms with Gasteiger partial charge in [-0.05, 0) is 54.4 Å². The average molecular weight is 889 g/mol. The van der Waals surface area contributed by atoms with Crippen molar-refractivity contribution in [1.82, 2.24) is 13.7 Å². The fraction of sp³-hybridized carbons (Fsp3) is 0.136. The number of imidazole rings is 2. The summed E-state index contributed by atoms with van der Waals surface area (Å²) in [4.78, 5) is 39.1. The molecule has 57 heavy (non-hydrogen) atoms. The van der Waals surface area contributed by atoms with Crippen molar-refractivity contribution in [2.24, 2.45) is 0 Å². The quantitative estimate of drug-likeness (QED) is 0.155. The molecule has 3 aliphatic rings. The first-order valence-corrected chi connectivity index (χ1v) is 18.1.